The Labute approximate surface area is 323 Å². The first-order valence-electron chi connectivity index (χ1n) is 18.2. The van der Waals surface area contributed by atoms with Gasteiger partial charge in [-0.15, -0.1) is 0 Å². The topological polar surface area (TPSA) is 174 Å². The van der Waals surface area contributed by atoms with Gasteiger partial charge in [0.05, 0.1) is 18.0 Å². The van der Waals surface area contributed by atoms with Gasteiger partial charge in [0, 0.05) is 31.3 Å². The molecule has 0 fully saturated rings. The normalized spacial score (nSPS) is 13.5. The van der Waals surface area contributed by atoms with Crippen LogP contribution in [0.5, 0.6) is 0 Å². The predicted octanol–water partition coefficient (Wildman–Crippen LogP) is 5.11. The molecule has 0 bridgehead atoms. The summed E-state index contributed by atoms with van der Waals surface area (Å²) in [5, 5.41) is 23.1. The van der Waals surface area contributed by atoms with Crippen molar-refractivity contribution in [1.82, 2.24) is 16.0 Å². The van der Waals surface area contributed by atoms with E-state index < -0.39 is 45.3 Å². The second kappa shape index (κ2) is 19.2. The Morgan fingerprint density at radius 3 is 1.95 bits per heavy atom. The lowest BCUT2D eigenvalue weighted by Crippen LogP contribution is -2.56. The zero-order valence-corrected chi connectivity index (χ0v) is 32.7. The third kappa shape index (κ3) is 12.5. The summed E-state index contributed by atoms with van der Waals surface area (Å²) in [6, 6.07) is 30.9. The summed E-state index contributed by atoms with van der Waals surface area (Å²) in [6.45, 7) is 5.65. The molecule has 1 unspecified atom stereocenters. The van der Waals surface area contributed by atoms with Gasteiger partial charge in [0.2, 0.25) is 21.8 Å². The fourth-order valence-electron chi connectivity index (χ4n) is 5.89. The average Bonchev–Trinajstić information content (AvgIpc) is 3.17. The van der Waals surface area contributed by atoms with Crippen LogP contribution in [0.1, 0.15) is 73.1 Å². The van der Waals surface area contributed by atoms with E-state index in [1.165, 1.54) is 25.2 Å². The minimum atomic E-state index is -3.74. The van der Waals surface area contributed by atoms with Crippen molar-refractivity contribution in [3.8, 4) is 0 Å². The number of hydrogen-bond donors (Lipinski definition) is 5. The van der Waals surface area contributed by atoms with Crippen molar-refractivity contribution < 1.29 is 32.7 Å². The van der Waals surface area contributed by atoms with Gasteiger partial charge in [-0.2, -0.15) is 0 Å². The Morgan fingerprint density at radius 1 is 0.782 bits per heavy atom. The number of rotatable bonds is 18. The van der Waals surface area contributed by atoms with Crippen molar-refractivity contribution in [1.29, 1.82) is 0 Å². The highest BCUT2D eigenvalue weighted by Crippen LogP contribution is 2.26. The lowest BCUT2D eigenvalue weighted by Gasteiger charge is -2.30. The minimum Gasteiger partial charge on any atom is -0.380 e. The molecule has 13 heteroatoms. The molecule has 0 aliphatic rings. The van der Waals surface area contributed by atoms with Crippen molar-refractivity contribution in [2.75, 3.05) is 22.9 Å². The molecule has 0 aliphatic carbocycles. The van der Waals surface area contributed by atoms with Gasteiger partial charge in [0.15, 0.2) is 0 Å². The quantitative estimate of drug-likeness (QED) is 0.0935. The number of benzene rings is 4. The van der Waals surface area contributed by atoms with Crippen LogP contribution in [-0.2, 0) is 37.4 Å². The van der Waals surface area contributed by atoms with Crippen LogP contribution in [0, 0.1) is 5.92 Å². The molecular formula is C42H51N5O7S. The van der Waals surface area contributed by atoms with Crippen molar-refractivity contribution in [3.05, 3.63) is 131 Å². The summed E-state index contributed by atoms with van der Waals surface area (Å²) < 4.78 is 25.9. The summed E-state index contributed by atoms with van der Waals surface area (Å²) >= 11 is 0. The molecule has 0 heterocycles. The first-order chi connectivity index (χ1) is 26.1. The van der Waals surface area contributed by atoms with Crippen LogP contribution in [0.4, 0.5) is 11.4 Å². The summed E-state index contributed by atoms with van der Waals surface area (Å²) in [5.41, 5.74) is 0.970. The highest BCUT2D eigenvalue weighted by Gasteiger charge is 2.39. The third-order valence-corrected chi connectivity index (χ3v) is 10.6. The number of aliphatic hydroxyl groups is 1. The number of aryl methyl sites for hydroxylation is 1. The van der Waals surface area contributed by atoms with Gasteiger partial charge < -0.3 is 26.4 Å². The summed E-state index contributed by atoms with van der Waals surface area (Å²) in [7, 11) is -2.40. The van der Waals surface area contributed by atoms with Crippen molar-refractivity contribution in [2.45, 2.75) is 70.7 Å². The lowest BCUT2D eigenvalue weighted by atomic mass is 9.88. The smallest absolute Gasteiger partial charge is 0.252 e. The van der Waals surface area contributed by atoms with Gasteiger partial charge in [-0.3, -0.25) is 23.5 Å². The maximum Gasteiger partial charge on any atom is 0.252 e. The molecular weight excluding hydrogens is 719 g/mol. The number of amides is 4. The average molecular weight is 770 g/mol. The second-order valence-electron chi connectivity index (χ2n) is 14.1. The monoisotopic (exact) mass is 769 g/mol. The van der Waals surface area contributed by atoms with Gasteiger partial charge in [0.1, 0.15) is 11.6 Å². The van der Waals surface area contributed by atoms with E-state index in [4.69, 9.17) is 0 Å². The SMILES string of the molecule is CC(C)[C@H](NC(=O)C(O)(CCC(=O)Nc1cc(C(=O)N[C@H](C)c2ccccc2)cc(N(C)S(C)(=O)=O)c1)CCc1ccccc1)C(=O)NCc1ccccc1. The molecule has 3 atom stereocenters. The van der Waals surface area contributed by atoms with Crippen molar-refractivity contribution in [3.63, 3.8) is 0 Å². The van der Waals surface area contributed by atoms with E-state index in [-0.39, 0.29) is 54.7 Å². The van der Waals surface area contributed by atoms with E-state index in [0.717, 1.165) is 27.3 Å². The zero-order chi connectivity index (χ0) is 40.2. The van der Waals surface area contributed by atoms with Crippen LogP contribution in [0.25, 0.3) is 0 Å². The standard InChI is InChI=1S/C42H51N5O7S/c1-29(2)38(40(50)43-28-32-17-11-7-12-18-32)46-41(51)42(52,23-21-31-15-9-6-10-16-31)24-22-37(48)45-35-25-34(26-36(27-35)47(4)55(5,53)54)39(49)44-30(3)33-19-13-8-14-20-33/h6-20,25-27,29-30,38,52H,21-24,28H2,1-5H3,(H,43,50)(H,44,49)(H,45,48)(H,46,51)/t30-,38+,42?/m1/s1. The van der Waals surface area contributed by atoms with Gasteiger partial charge in [0.25, 0.3) is 11.8 Å². The zero-order valence-electron chi connectivity index (χ0n) is 31.9. The van der Waals surface area contributed by atoms with Crippen LogP contribution in [-0.4, -0.2) is 62.1 Å². The lowest BCUT2D eigenvalue weighted by molar-refractivity contribution is -0.145. The largest absolute Gasteiger partial charge is 0.380 e. The van der Waals surface area contributed by atoms with Gasteiger partial charge >= 0.3 is 0 Å². The molecule has 5 N–H and O–H groups in total. The van der Waals surface area contributed by atoms with Crippen molar-refractivity contribution >= 4 is 45.0 Å². The molecule has 0 radical (unpaired) electrons. The fraction of sp³-hybridized carbons (Fsp3) is 0.333. The molecule has 12 nitrogen and oxygen atoms in total. The van der Waals surface area contributed by atoms with E-state index in [0.29, 0.717) is 6.42 Å². The van der Waals surface area contributed by atoms with Crippen LogP contribution in [0.15, 0.2) is 109 Å². The first-order valence-corrected chi connectivity index (χ1v) is 20.0. The minimum absolute atomic E-state index is 0.0366. The van der Waals surface area contributed by atoms with Gasteiger partial charge in [-0.1, -0.05) is 105 Å². The molecule has 292 valence electrons. The van der Waals surface area contributed by atoms with E-state index in [1.54, 1.807) is 13.8 Å². The predicted molar refractivity (Wildman–Crippen MR) is 215 cm³/mol. The van der Waals surface area contributed by atoms with Crippen molar-refractivity contribution in [2.24, 2.45) is 5.92 Å². The van der Waals surface area contributed by atoms with Crippen LogP contribution in [0.2, 0.25) is 0 Å². The van der Waals surface area contributed by atoms with E-state index in [1.807, 2.05) is 97.9 Å². The Morgan fingerprint density at radius 2 is 1.36 bits per heavy atom. The fourth-order valence-corrected chi connectivity index (χ4v) is 6.38. The number of carbonyl (C=O) groups is 4. The molecule has 55 heavy (non-hydrogen) atoms. The third-order valence-electron chi connectivity index (χ3n) is 9.38. The van der Waals surface area contributed by atoms with E-state index in [2.05, 4.69) is 21.3 Å². The highest BCUT2D eigenvalue weighted by atomic mass is 32.2. The van der Waals surface area contributed by atoms with Crippen LogP contribution >= 0.6 is 0 Å². The van der Waals surface area contributed by atoms with E-state index in [9.17, 15) is 32.7 Å². The highest BCUT2D eigenvalue weighted by molar-refractivity contribution is 7.92. The number of nitrogens with one attached hydrogen (secondary N) is 4. The second-order valence-corrected chi connectivity index (χ2v) is 16.1. The van der Waals surface area contributed by atoms with Gasteiger partial charge in [-0.05, 0) is 67.0 Å². The molecule has 0 saturated heterocycles. The molecule has 0 saturated carbocycles. The van der Waals surface area contributed by atoms with Gasteiger partial charge in [-0.25, -0.2) is 8.42 Å². The molecule has 0 spiro atoms. The molecule has 4 rings (SSSR count). The number of hydrogen-bond acceptors (Lipinski definition) is 7. The summed E-state index contributed by atoms with van der Waals surface area (Å²) in [5.74, 6) is -2.59. The maximum absolute atomic E-state index is 13.9. The molecule has 0 aliphatic heterocycles. The number of carbonyl (C=O) groups excluding carboxylic acids is 4. The Bertz CT molecular complexity index is 2030. The molecule has 4 aromatic carbocycles. The maximum atomic E-state index is 13.9. The Kier molecular flexibility index (Phi) is 14.7. The number of anilines is 2. The van der Waals surface area contributed by atoms with E-state index >= 15 is 0 Å². The number of sulfonamides is 1. The summed E-state index contributed by atoms with van der Waals surface area (Å²) in [6.07, 6.45) is 0.695. The Hall–Kier alpha value is -5.53. The number of nitrogens with zero attached hydrogens (tertiary/aromatic N) is 1. The first kappa shape index (κ1) is 42.2. The molecule has 0 aromatic heterocycles. The van der Waals surface area contributed by atoms with Crippen LogP contribution < -0.4 is 25.6 Å². The molecule has 4 amide bonds. The Balaban J connectivity index is 1.53. The summed E-state index contributed by atoms with van der Waals surface area (Å²) in [4.78, 5) is 54.1. The molecule has 4 aromatic rings. The van der Waals surface area contributed by atoms with Crippen LogP contribution in [0.3, 0.4) is 0 Å².